The number of carbonyl (C=O) groups excluding carboxylic acids is 2. The van der Waals surface area contributed by atoms with E-state index >= 15 is 0 Å². The first-order valence-corrected chi connectivity index (χ1v) is 4.37. The van der Waals surface area contributed by atoms with Crippen molar-refractivity contribution in [3.05, 3.63) is 0 Å². The standard InChI is InChI=1S/C8H15N3O2/c1-6(12)10-7-3-4-11(5-7)8(13)9-2/h7H,3-5H2,1-2H3,(H,9,13)(H,10,12)/t7-/m0/s1. The first-order chi connectivity index (χ1) is 6.13. The van der Waals surface area contributed by atoms with E-state index in [1.807, 2.05) is 0 Å². The van der Waals surface area contributed by atoms with E-state index in [1.54, 1.807) is 11.9 Å². The summed E-state index contributed by atoms with van der Waals surface area (Å²) in [5, 5.41) is 5.35. The van der Waals surface area contributed by atoms with Crippen molar-refractivity contribution in [2.45, 2.75) is 19.4 Å². The van der Waals surface area contributed by atoms with Crippen LogP contribution in [-0.4, -0.2) is 43.0 Å². The molecule has 1 aliphatic rings. The van der Waals surface area contributed by atoms with E-state index in [-0.39, 0.29) is 18.0 Å². The molecule has 1 fully saturated rings. The molecule has 0 aromatic carbocycles. The molecule has 5 heteroatoms. The summed E-state index contributed by atoms with van der Waals surface area (Å²) >= 11 is 0. The quantitative estimate of drug-likeness (QED) is 0.580. The average molecular weight is 185 g/mol. The molecule has 0 spiro atoms. The molecule has 1 atom stereocenters. The normalized spacial score (nSPS) is 21.4. The minimum atomic E-state index is -0.0761. The summed E-state index contributed by atoms with van der Waals surface area (Å²) in [7, 11) is 1.61. The fraction of sp³-hybridized carbons (Fsp3) is 0.750. The zero-order valence-corrected chi connectivity index (χ0v) is 7.96. The highest BCUT2D eigenvalue weighted by molar-refractivity contribution is 5.75. The lowest BCUT2D eigenvalue weighted by molar-refractivity contribution is -0.119. The highest BCUT2D eigenvalue weighted by atomic mass is 16.2. The van der Waals surface area contributed by atoms with Gasteiger partial charge in [-0.25, -0.2) is 4.79 Å². The second-order valence-electron chi connectivity index (χ2n) is 3.19. The number of likely N-dealkylation sites (tertiary alicyclic amines) is 1. The molecule has 0 bridgehead atoms. The van der Waals surface area contributed by atoms with Gasteiger partial charge < -0.3 is 15.5 Å². The Hall–Kier alpha value is -1.26. The Morgan fingerprint density at radius 1 is 1.46 bits per heavy atom. The molecular formula is C8H15N3O2. The maximum Gasteiger partial charge on any atom is 0.317 e. The van der Waals surface area contributed by atoms with E-state index in [0.29, 0.717) is 13.1 Å². The zero-order valence-electron chi connectivity index (χ0n) is 7.96. The molecule has 74 valence electrons. The molecule has 0 aromatic heterocycles. The number of hydrogen-bond acceptors (Lipinski definition) is 2. The topological polar surface area (TPSA) is 61.4 Å². The molecule has 5 nitrogen and oxygen atoms in total. The fourth-order valence-corrected chi connectivity index (χ4v) is 1.51. The third-order valence-corrected chi connectivity index (χ3v) is 2.10. The maximum atomic E-state index is 11.1. The lowest BCUT2D eigenvalue weighted by Gasteiger charge is -2.15. The summed E-state index contributed by atoms with van der Waals surface area (Å²) < 4.78 is 0. The molecule has 0 aliphatic carbocycles. The van der Waals surface area contributed by atoms with Crippen LogP contribution < -0.4 is 10.6 Å². The molecule has 1 rings (SSSR count). The highest BCUT2D eigenvalue weighted by Gasteiger charge is 2.25. The van der Waals surface area contributed by atoms with Crippen LogP contribution in [0.15, 0.2) is 0 Å². The zero-order chi connectivity index (χ0) is 9.84. The van der Waals surface area contributed by atoms with Crippen molar-refractivity contribution in [3.8, 4) is 0 Å². The van der Waals surface area contributed by atoms with Gasteiger partial charge in [-0.05, 0) is 6.42 Å². The van der Waals surface area contributed by atoms with Gasteiger partial charge in [0.25, 0.3) is 0 Å². The van der Waals surface area contributed by atoms with Crippen LogP contribution in [0.3, 0.4) is 0 Å². The predicted octanol–water partition coefficient (Wildman–Crippen LogP) is -0.464. The van der Waals surface area contributed by atoms with Crippen molar-refractivity contribution in [1.29, 1.82) is 0 Å². The van der Waals surface area contributed by atoms with Crippen molar-refractivity contribution in [2.75, 3.05) is 20.1 Å². The molecular weight excluding hydrogens is 170 g/mol. The maximum absolute atomic E-state index is 11.1. The van der Waals surface area contributed by atoms with Crippen LogP contribution in [0.5, 0.6) is 0 Å². The number of rotatable bonds is 1. The van der Waals surface area contributed by atoms with Crippen LogP contribution in [-0.2, 0) is 4.79 Å². The van der Waals surface area contributed by atoms with Crippen molar-refractivity contribution in [1.82, 2.24) is 15.5 Å². The largest absolute Gasteiger partial charge is 0.352 e. The summed E-state index contributed by atoms with van der Waals surface area (Å²) in [4.78, 5) is 23.6. The Balaban J connectivity index is 2.36. The van der Waals surface area contributed by atoms with Crippen LogP contribution in [0.25, 0.3) is 0 Å². The van der Waals surface area contributed by atoms with Gasteiger partial charge in [0.1, 0.15) is 0 Å². The van der Waals surface area contributed by atoms with Crippen molar-refractivity contribution in [3.63, 3.8) is 0 Å². The van der Waals surface area contributed by atoms with Crippen LogP contribution >= 0.6 is 0 Å². The van der Waals surface area contributed by atoms with Gasteiger partial charge in [-0.1, -0.05) is 0 Å². The van der Waals surface area contributed by atoms with Crippen LogP contribution in [0.4, 0.5) is 4.79 Å². The number of amides is 3. The lowest BCUT2D eigenvalue weighted by atomic mass is 10.3. The Morgan fingerprint density at radius 2 is 2.15 bits per heavy atom. The summed E-state index contributed by atoms with van der Waals surface area (Å²) in [5.74, 6) is -0.0382. The third kappa shape index (κ3) is 2.61. The van der Waals surface area contributed by atoms with Crippen LogP contribution in [0, 0.1) is 0 Å². The molecule has 13 heavy (non-hydrogen) atoms. The monoisotopic (exact) mass is 185 g/mol. The minimum Gasteiger partial charge on any atom is -0.352 e. The van der Waals surface area contributed by atoms with Crippen LogP contribution in [0.2, 0.25) is 0 Å². The van der Waals surface area contributed by atoms with E-state index < -0.39 is 0 Å². The second kappa shape index (κ2) is 4.11. The third-order valence-electron chi connectivity index (χ3n) is 2.10. The number of nitrogens with zero attached hydrogens (tertiary/aromatic N) is 1. The van der Waals surface area contributed by atoms with Gasteiger partial charge in [0.05, 0.1) is 0 Å². The molecule has 0 saturated carbocycles. The molecule has 0 radical (unpaired) electrons. The van der Waals surface area contributed by atoms with Gasteiger partial charge in [0, 0.05) is 33.1 Å². The van der Waals surface area contributed by atoms with Crippen molar-refractivity contribution < 1.29 is 9.59 Å². The van der Waals surface area contributed by atoms with E-state index in [0.717, 1.165) is 6.42 Å². The summed E-state index contributed by atoms with van der Waals surface area (Å²) in [5.41, 5.74) is 0. The first kappa shape index (κ1) is 9.83. The second-order valence-corrected chi connectivity index (χ2v) is 3.19. The SMILES string of the molecule is CNC(=O)N1CC[C@H](NC(C)=O)C1. The van der Waals surface area contributed by atoms with Gasteiger partial charge >= 0.3 is 6.03 Å². The predicted molar refractivity (Wildman–Crippen MR) is 48.3 cm³/mol. The number of hydrogen-bond donors (Lipinski definition) is 2. The fourth-order valence-electron chi connectivity index (χ4n) is 1.51. The molecule has 2 N–H and O–H groups in total. The first-order valence-electron chi connectivity index (χ1n) is 4.37. The molecule has 1 heterocycles. The lowest BCUT2D eigenvalue weighted by Crippen LogP contribution is -2.40. The number of nitrogens with one attached hydrogen (secondary N) is 2. The van der Waals surface area contributed by atoms with Gasteiger partial charge in [-0.15, -0.1) is 0 Å². The molecule has 1 saturated heterocycles. The molecule has 0 aromatic rings. The smallest absolute Gasteiger partial charge is 0.317 e. The highest BCUT2D eigenvalue weighted by Crippen LogP contribution is 2.08. The van der Waals surface area contributed by atoms with E-state index in [9.17, 15) is 9.59 Å². The van der Waals surface area contributed by atoms with Gasteiger partial charge in [-0.2, -0.15) is 0 Å². The average Bonchev–Trinajstić information content (AvgIpc) is 2.50. The van der Waals surface area contributed by atoms with E-state index in [4.69, 9.17) is 0 Å². The summed E-state index contributed by atoms with van der Waals surface area (Å²) in [6, 6.07) is 0.0441. The Bertz CT molecular complexity index is 217. The van der Waals surface area contributed by atoms with Crippen LogP contribution in [0.1, 0.15) is 13.3 Å². The Labute approximate surface area is 77.5 Å². The van der Waals surface area contributed by atoms with Crippen molar-refractivity contribution >= 4 is 11.9 Å². The Morgan fingerprint density at radius 3 is 2.69 bits per heavy atom. The van der Waals surface area contributed by atoms with E-state index in [2.05, 4.69) is 10.6 Å². The van der Waals surface area contributed by atoms with Gasteiger partial charge in [0.2, 0.25) is 5.91 Å². The molecule has 3 amide bonds. The molecule has 1 aliphatic heterocycles. The summed E-state index contributed by atoms with van der Waals surface area (Å²) in [6.45, 7) is 2.81. The van der Waals surface area contributed by atoms with Crippen molar-refractivity contribution in [2.24, 2.45) is 0 Å². The van der Waals surface area contributed by atoms with Gasteiger partial charge in [0.15, 0.2) is 0 Å². The Kier molecular flexibility index (Phi) is 3.11. The minimum absolute atomic E-state index is 0.0382. The van der Waals surface area contributed by atoms with Gasteiger partial charge in [-0.3, -0.25) is 4.79 Å². The summed E-state index contributed by atoms with van der Waals surface area (Å²) in [6.07, 6.45) is 0.840. The van der Waals surface area contributed by atoms with E-state index in [1.165, 1.54) is 6.92 Å². The molecule has 0 unspecified atom stereocenters. The number of urea groups is 1. The number of carbonyl (C=O) groups is 2.